The van der Waals surface area contributed by atoms with Crippen LogP contribution in [0.3, 0.4) is 0 Å². The van der Waals surface area contributed by atoms with Crippen LogP contribution in [0.4, 0.5) is 0 Å². The molecular formula is C11H12N4O3. The molecule has 1 amide bonds. The largest absolute Gasteiger partial charge is 0.480 e. The number of benzene rings is 1. The molecule has 1 atom stereocenters. The first-order valence-corrected chi connectivity index (χ1v) is 5.20. The number of rotatable bonds is 6. The number of carboxylic acids is 1. The Hall–Kier alpha value is -2.53. The summed E-state index contributed by atoms with van der Waals surface area (Å²) in [6.07, 6.45) is 0.179. The van der Waals surface area contributed by atoms with Crippen LogP contribution in [0.1, 0.15) is 5.56 Å². The van der Waals surface area contributed by atoms with E-state index in [-0.39, 0.29) is 6.42 Å². The lowest BCUT2D eigenvalue weighted by Gasteiger charge is -2.13. The van der Waals surface area contributed by atoms with Crippen LogP contribution in [0.2, 0.25) is 0 Å². The third kappa shape index (κ3) is 4.54. The zero-order valence-corrected chi connectivity index (χ0v) is 9.48. The molecule has 0 aromatic heterocycles. The molecule has 1 unspecified atom stereocenters. The molecule has 0 aliphatic heterocycles. The molecule has 0 radical (unpaired) electrons. The second-order valence-corrected chi connectivity index (χ2v) is 3.54. The van der Waals surface area contributed by atoms with Gasteiger partial charge >= 0.3 is 5.97 Å². The van der Waals surface area contributed by atoms with Crippen molar-refractivity contribution >= 4 is 11.9 Å². The van der Waals surface area contributed by atoms with Crippen molar-refractivity contribution in [2.24, 2.45) is 5.11 Å². The number of nitrogens with zero attached hydrogens (tertiary/aromatic N) is 3. The van der Waals surface area contributed by atoms with Crippen molar-refractivity contribution in [3.05, 3.63) is 46.3 Å². The van der Waals surface area contributed by atoms with Crippen molar-refractivity contribution in [1.82, 2.24) is 5.32 Å². The van der Waals surface area contributed by atoms with Gasteiger partial charge < -0.3 is 10.4 Å². The number of hydrogen-bond acceptors (Lipinski definition) is 3. The molecule has 0 aliphatic rings. The summed E-state index contributed by atoms with van der Waals surface area (Å²) < 4.78 is 0. The Morgan fingerprint density at radius 2 is 2.06 bits per heavy atom. The van der Waals surface area contributed by atoms with E-state index in [1.807, 2.05) is 6.07 Å². The van der Waals surface area contributed by atoms with Gasteiger partial charge in [0, 0.05) is 11.3 Å². The zero-order valence-electron chi connectivity index (χ0n) is 9.48. The van der Waals surface area contributed by atoms with Gasteiger partial charge in [0.15, 0.2) is 0 Å². The van der Waals surface area contributed by atoms with Gasteiger partial charge in [0.05, 0.1) is 0 Å². The van der Waals surface area contributed by atoms with E-state index < -0.39 is 24.5 Å². The van der Waals surface area contributed by atoms with Crippen molar-refractivity contribution in [2.45, 2.75) is 12.5 Å². The standard InChI is InChI=1S/C11H12N4O3/c12-15-13-7-10(16)14-9(11(17)18)6-8-4-2-1-3-5-8/h1-5,9H,6-7H2,(H,14,16)(H,17,18). The van der Waals surface area contributed by atoms with Gasteiger partial charge in [-0.2, -0.15) is 0 Å². The van der Waals surface area contributed by atoms with E-state index in [4.69, 9.17) is 10.6 Å². The second-order valence-electron chi connectivity index (χ2n) is 3.54. The number of carboxylic acid groups (broad SMARTS) is 1. The zero-order chi connectivity index (χ0) is 13.4. The minimum Gasteiger partial charge on any atom is -0.480 e. The van der Waals surface area contributed by atoms with Crippen molar-refractivity contribution in [3.63, 3.8) is 0 Å². The van der Waals surface area contributed by atoms with Gasteiger partial charge in [-0.1, -0.05) is 35.4 Å². The molecule has 7 heteroatoms. The Balaban J connectivity index is 2.63. The lowest BCUT2D eigenvalue weighted by atomic mass is 10.1. The van der Waals surface area contributed by atoms with Crippen molar-refractivity contribution in [1.29, 1.82) is 0 Å². The van der Waals surface area contributed by atoms with E-state index in [0.29, 0.717) is 0 Å². The topological polar surface area (TPSA) is 115 Å². The Morgan fingerprint density at radius 1 is 1.39 bits per heavy atom. The van der Waals surface area contributed by atoms with Crippen molar-refractivity contribution in [3.8, 4) is 0 Å². The third-order valence-corrected chi connectivity index (χ3v) is 2.19. The molecule has 7 nitrogen and oxygen atoms in total. The number of nitrogens with one attached hydrogen (secondary N) is 1. The van der Waals surface area contributed by atoms with Crippen LogP contribution >= 0.6 is 0 Å². The van der Waals surface area contributed by atoms with Crippen LogP contribution in [-0.4, -0.2) is 29.6 Å². The van der Waals surface area contributed by atoms with Crippen LogP contribution in [0, 0.1) is 0 Å². The lowest BCUT2D eigenvalue weighted by Crippen LogP contribution is -2.43. The fourth-order valence-electron chi connectivity index (χ4n) is 1.39. The van der Waals surface area contributed by atoms with Crippen molar-refractivity contribution < 1.29 is 14.7 Å². The molecule has 0 spiro atoms. The van der Waals surface area contributed by atoms with E-state index in [1.165, 1.54) is 0 Å². The maximum absolute atomic E-state index is 11.3. The molecule has 94 valence electrons. The van der Waals surface area contributed by atoms with E-state index >= 15 is 0 Å². The van der Waals surface area contributed by atoms with E-state index in [1.54, 1.807) is 24.3 Å². The summed E-state index contributed by atoms with van der Waals surface area (Å²) in [4.78, 5) is 24.7. The molecule has 1 aromatic carbocycles. The Morgan fingerprint density at radius 3 is 2.61 bits per heavy atom. The van der Waals surface area contributed by atoms with E-state index in [0.717, 1.165) is 5.56 Å². The summed E-state index contributed by atoms with van der Waals surface area (Å²) in [6, 6.07) is 7.91. The summed E-state index contributed by atoms with van der Waals surface area (Å²) >= 11 is 0. The minimum atomic E-state index is -1.13. The highest BCUT2D eigenvalue weighted by Gasteiger charge is 2.19. The fraction of sp³-hybridized carbons (Fsp3) is 0.273. The summed E-state index contributed by atoms with van der Waals surface area (Å²) in [7, 11) is 0. The van der Waals surface area contributed by atoms with Gasteiger partial charge in [-0.05, 0) is 11.1 Å². The third-order valence-electron chi connectivity index (χ3n) is 2.19. The van der Waals surface area contributed by atoms with Gasteiger partial charge in [-0.15, -0.1) is 0 Å². The SMILES string of the molecule is [N-]=[N+]=NCC(=O)NC(Cc1ccccc1)C(=O)O. The van der Waals surface area contributed by atoms with Crippen LogP contribution in [-0.2, 0) is 16.0 Å². The predicted octanol–water partition coefficient (Wildman–Crippen LogP) is 1.11. The Bertz CT molecular complexity index is 468. The van der Waals surface area contributed by atoms with Crippen LogP contribution in [0.5, 0.6) is 0 Å². The lowest BCUT2D eigenvalue weighted by molar-refractivity contribution is -0.141. The first-order chi connectivity index (χ1) is 8.63. The summed E-state index contributed by atoms with van der Waals surface area (Å²) in [6.45, 7) is -0.408. The maximum Gasteiger partial charge on any atom is 0.326 e. The maximum atomic E-state index is 11.3. The predicted molar refractivity (Wildman–Crippen MR) is 63.7 cm³/mol. The van der Waals surface area contributed by atoms with E-state index in [9.17, 15) is 9.59 Å². The molecule has 1 aromatic rings. The summed E-state index contributed by atoms with van der Waals surface area (Å²) in [5.74, 6) is -1.75. The van der Waals surface area contributed by atoms with Gasteiger partial charge in [0.1, 0.15) is 12.6 Å². The van der Waals surface area contributed by atoms with Crippen LogP contribution < -0.4 is 5.32 Å². The highest BCUT2D eigenvalue weighted by molar-refractivity contribution is 5.84. The monoisotopic (exact) mass is 248 g/mol. The Kier molecular flexibility index (Phi) is 5.21. The number of hydrogen-bond donors (Lipinski definition) is 2. The van der Waals surface area contributed by atoms with Gasteiger partial charge in [-0.3, -0.25) is 4.79 Å². The van der Waals surface area contributed by atoms with Crippen LogP contribution in [0.15, 0.2) is 35.4 Å². The van der Waals surface area contributed by atoms with E-state index in [2.05, 4.69) is 15.3 Å². The average molecular weight is 248 g/mol. The molecule has 18 heavy (non-hydrogen) atoms. The average Bonchev–Trinajstić information content (AvgIpc) is 2.36. The molecule has 2 N–H and O–H groups in total. The molecular weight excluding hydrogens is 236 g/mol. The highest BCUT2D eigenvalue weighted by Crippen LogP contribution is 2.03. The number of carbonyl (C=O) groups excluding carboxylic acids is 1. The molecule has 0 fully saturated rings. The van der Waals surface area contributed by atoms with Gasteiger partial charge in [-0.25, -0.2) is 4.79 Å². The normalized spacial score (nSPS) is 11.1. The quantitative estimate of drug-likeness (QED) is 0.446. The minimum absolute atomic E-state index is 0.179. The number of carbonyl (C=O) groups is 2. The number of azide groups is 1. The molecule has 1 rings (SSSR count). The molecule has 0 saturated carbocycles. The molecule has 0 bridgehead atoms. The second kappa shape index (κ2) is 6.93. The molecule has 0 aliphatic carbocycles. The summed E-state index contributed by atoms with van der Waals surface area (Å²) in [5, 5.41) is 14.4. The summed E-state index contributed by atoms with van der Waals surface area (Å²) in [5.41, 5.74) is 8.86. The molecule has 0 heterocycles. The van der Waals surface area contributed by atoms with Gasteiger partial charge in [0.25, 0.3) is 0 Å². The van der Waals surface area contributed by atoms with Crippen LogP contribution in [0.25, 0.3) is 10.4 Å². The highest BCUT2D eigenvalue weighted by atomic mass is 16.4. The smallest absolute Gasteiger partial charge is 0.326 e. The first-order valence-electron chi connectivity index (χ1n) is 5.20. The van der Waals surface area contributed by atoms with Gasteiger partial charge in [0.2, 0.25) is 5.91 Å². The first kappa shape index (κ1) is 13.5. The van der Waals surface area contributed by atoms with Crippen molar-refractivity contribution in [2.75, 3.05) is 6.54 Å². The molecule has 0 saturated heterocycles. The Labute approximate surface area is 103 Å². The fourth-order valence-corrected chi connectivity index (χ4v) is 1.39. The number of amides is 1. The number of aliphatic carboxylic acids is 1.